The zero-order valence-corrected chi connectivity index (χ0v) is 16.1. The molecule has 8 heteroatoms. The predicted octanol–water partition coefficient (Wildman–Crippen LogP) is 0.688. The Morgan fingerprint density at radius 3 is 2.64 bits per heavy atom. The van der Waals surface area contributed by atoms with Crippen LogP contribution in [0.2, 0.25) is 0 Å². The smallest absolute Gasteiger partial charge is 0.315 e. The number of hydrogen-bond donors (Lipinski definition) is 4. The van der Waals surface area contributed by atoms with Crippen LogP contribution in [0.1, 0.15) is 31.7 Å². The van der Waals surface area contributed by atoms with E-state index in [-0.39, 0.29) is 37.1 Å². The lowest BCUT2D eigenvalue weighted by molar-refractivity contribution is -0.124. The fraction of sp³-hybridized carbons (Fsp3) is 0.600. The molecule has 0 aliphatic carbocycles. The van der Waals surface area contributed by atoms with Crippen LogP contribution in [0.15, 0.2) is 30.3 Å². The summed E-state index contributed by atoms with van der Waals surface area (Å²) in [6.07, 6.45) is -0.578. The molecule has 4 N–H and O–H groups in total. The Balaban J connectivity index is 1.37. The Morgan fingerprint density at radius 1 is 1.14 bits per heavy atom. The van der Waals surface area contributed by atoms with Gasteiger partial charge >= 0.3 is 6.03 Å². The van der Waals surface area contributed by atoms with Crippen molar-refractivity contribution in [2.45, 2.75) is 63.3 Å². The largest absolute Gasteiger partial charge is 0.388 e. The standard InChI is InChI=1S/C20H29N3O5/c1-2-8-21-17(24)10-14-9-15-19(27-14)18(25)16(28-15)12-23-20(26)22-11-13-6-4-3-5-7-13/h3-7,14-16,18-19,25H,2,8-12H2,1H3,(H,21,24)(H2,22,23,26)/t14-,15+,16+,18+,19-/m0/s1. The van der Waals surface area contributed by atoms with Gasteiger partial charge in [-0.25, -0.2) is 4.79 Å². The number of nitrogens with one attached hydrogen (secondary N) is 3. The SMILES string of the molecule is CCCNC(=O)C[C@@H]1C[C@H]2O[C@H](CNC(=O)NCc3ccccc3)[C@@H](O)[C@H]2O1. The Morgan fingerprint density at radius 2 is 1.93 bits per heavy atom. The summed E-state index contributed by atoms with van der Waals surface area (Å²) < 4.78 is 11.7. The Labute approximate surface area is 165 Å². The number of aliphatic hydroxyl groups is 1. The normalized spacial score (nSPS) is 28.6. The van der Waals surface area contributed by atoms with Gasteiger partial charge in [-0.05, 0) is 12.0 Å². The van der Waals surface area contributed by atoms with Crippen molar-refractivity contribution in [3.8, 4) is 0 Å². The Bertz CT molecular complexity index is 657. The molecule has 154 valence electrons. The average molecular weight is 391 g/mol. The molecule has 3 rings (SSSR count). The topological polar surface area (TPSA) is 109 Å². The molecule has 5 atom stereocenters. The zero-order valence-electron chi connectivity index (χ0n) is 16.1. The Hall–Kier alpha value is -2.16. The van der Waals surface area contributed by atoms with Crippen LogP contribution in [-0.2, 0) is 20.8 Å². The third kappa shape index (κ3) is 5.43. The first-order chi connectivity index (χ1) is 13.6. The molecule has 2 aliphatic heterocycles. The summed E-state index contributed by atoms with van der Waals surface area (Å²) in [6.45, 7) is 3.27. The van der Waals surface area contributed by atoms with Crippen LogP contribution >= 0.6 is 0 Å². The van der Waals surface area contributed by atoms with E-state index in [4.69, 9.17) is 9.47 Å². The van der Waals surface area contributed by atoms with E-state index < -0.39 is 18.3 Å². The lowest BCUT2D eigenvalue weighted by atomic mass is 10.1. The number of amides is 3. The van der Waals surface area contributed by atoms with Crippen molar-refractivity contribution in [3.05, 3.63) is 35.9 Å². The minimum atomic E-state index is -0.830. The first-order valence-corrected chi connectivity index (χ1v) is 9.88. The predicted molar refractivity (Wildman–Crippen MR) is 103 cm³/mol. The van der Waals surface area contributed by atoms with Gasteiger partial charge in [0.1, 0.15) is 18.3 Å². The second kappa shape index (κ2) is 9.86. The van der Waals surface area contributed by atoms with Crippen LogP contribution in [0.3, 0.4) is 0 Å². The fourth-order valence-corrected chi connectivity index (χ4v) is 3.59. The molecular formula is C20H29N3O5. The number of carbonyl (C=O) groups is 2. The summed E-state index contributed by atoms with van der Waals surface area (Å²) >= 11 is 0. The van der Waals surface area contributed by atoms with Gasteiger partial charge in [0.2, 0.25) is 5.91 Å². The molecule has 3 amide bonds. The third-order valence-electron chi connectivity index (χ3n) is 5.02. The van der Waals surface area contributed by atoms with Crippen LogP contribution < -0.4 is 16.0 Å². The maximum atomic E-state index is 12.0. The first-order valence-electron chi connectivity index (χ1n) is 9.88. The van der Waals surface area contributed by atoms with E-state index >= 15 is 0 Å². The molecule has 2 heterocycles. The lowest BCUT2D eigenvalue weighted by Crippen LogP contribution is -2.44. The molecule has 0 spiro atoms. The molecule has 8 nitrogen and oxygen atoms in total. The highest BCUT2D eigenvalue weighted by atomic mass is 16.6. The van der Waals surface area contributed by atoms with Crippen molar-refractivity contribution in [3.63, 3.8) is 0 Å². The highest BCUT2D eigenvalue weighted by molar-refractivity contribution is 5.76. The number of hydrogen-bond acceptors (Lipinski definition) is 5. The number of rotatable bonds is 8. The summed E-state index contributed by atoms with van der Waals surface area (Å²) in [4.78, 5) is 23.8. The van der Waals surface area contributed by atoms with E-state index in [1.165, 1.54) is 0 Å². The number of carbonyl (C=O) groups excluding carboxylic acids is 2. The van der Waals surface area contributed by atoms with E-state index in [1.54, 1.807) is 0 Å². The van der Waals surface area contributed by atoms with Crippen molar-refractivity contribution in [1.82, 2.24) is 16.0 Å². The monoisotopic (exact) mass is 391 g/mol. The van der Waals surface area contributed by atoms with Gasteiger partial charge in [-0.2, -0.15) is 0 Å². The van der Waals surface area contributed by atoms with Gasteiger partial charge < -0.3 is 30.5 Å². The highest BCUT2D eigenvalue weighted by Gasteiger charge is 2.50. The molecule has 2 fully saturated rings. The summed E-state index contributed by atoms with van der Waals surface area (Å²) in [6, 6.07) is 9.30. The molecule has 0 bridgehead atoms. The molecule has 0 unspecified atom stereocenters. The van der Waals surface area contributed by atoms with E-state index in [0.29, 0.717) is 19.5 Å². The molecule has 0 radical (unpaired) electrons. The van der Waals surface area contributed by atoms with Crippen LogP contribution in [0, 0.1) is 0 Å². The number of ether oxygens (including phenoxy) is 2. The van der Waals surface area contributed by atoms with E-state index in [9.17, 15) is 14.7 Å². The van der Waals surface area contributed by atoms with Crippen molar-refractivity contribution in [1.29, 1.82) is 0 Å². The molecule has 28 heavy (non-hydrogen) atoms. The van der Waals surface area contributed by atoms with E-state index in [2.05, 4.69) is 16.0 Å². The van der Waals surface area contributed by atoms with Crippen LogP contribution in [0.5, 0.6) is 0 Å². The lowest BCUT2D eigenvalue weighted by Gasteiger charge is -2.20. The molecule has 2 saturated heterocycles. The molecular weight excluding hydrogens is 362 g/mol. The molecule has 1 aromatic carbocycles. The molecule has 0 saturated carbocycles. The molecule has 1 aromatic rings. The zero-order chi connectivity index (χ0) is 19.9. The minimum absolute atomic E-state index is 0.0467. The molecule has 0 aromatic heterocycles. The maximum absolute atomic E-state index is 12.0. The number of urea groups is 1. The second-order valence-electron chi connectivity index (χ2n) is 7.27. The van der Waals surface area contributed by atoms with Gasteiger partial charge in [0.25, 0.3) is 0 Å². The summed E-state index contributed by atoms with van der Waals surface area (Å²) in [5, 5.41) is 18.8. The van der Waals surface area contributed by atoms with Crippen molar-refractivity contribution < 1.29 is 24.2 Å². The van der Waals surface area contributed by atoms with Crippen molar-refractivity contribution >= 4 is 11.9 Å². The fourth-order valence-electron chi connectivity index (χ4n) is 3.59. The third-order valence-corrected chi connectivity index (χ3v) is 5.02. The van der Waals surface area contributed by atoms with Gasteiger partial charge in [-0.1, -0.05) is 37.3 Å². The van der Waals surface area contributed by atoms with E-state index in [1.807, 2.05) is 37.3 Å². The highest BCUT2D eigenvalue weighted by Crippen LogP contribution is 2.35. The van der Waals surface area contributed by atoms with Gasteiger partial charge in [0.05, 0.1) is 18.6 Å². The average Bonchev–Trinajstić information content (AvgIpc) is 3.22. The summed E-state index contributed by atoms with van der Waals surface area (Å²) in [5.74, 6) is -0.0467. The second-order valence-corrected chi connectivity index (χ2v) is 7.27. The number of fused-ring (bicyclic) bond motifs is 1. The van der Waals surface area contributed by atoms with Crippen LogP contribution in [-0.4, -0.2) is 60.7 Å². The minimum Gasteiger partial charge on any atom is -0.388 e. The van der Waals surface area contributed by atoms with E-state index in [0.717, 1.165) is 12.0 Å². The first kappa shape index (κ1) is 20.6. The summed E-state index contributed by atoms with van der Waals surface area (Å²) in [7, 11) is 0. The van der Waals surface area contributed by atoms with Crippen LogP contribution in [0.4, 0.5) is 4.79 Å². The van der Waals surface area contributed by atoms with Gasteiger partial charge in [0, 0.05) is 26.1 Å². The quantitative estimate of drug-likeness (QED) is 0.521. The summed E-state index contributed by atoms with van der Waals surface area (Å²) in [5.41, 5.74) is 1.01. The van der Waals surface area contributed by atoms with Crippen molar-refractivity contribution in [2.24, 2.45) is 0 Å². The van der Waals surface area contributed by atoms with Gasteiger partial charge in [-0.15, -0.1) is 0 Å². The number of benzene rings is 1. The maximum Gasteiger partial charge on any atom is 0.315 e. The van der Waals surface area contributed by atoms with Gasteiger partial charge in [0.15, 0.2) is 0 Å². The number of aliphatic hydroxyl groups excluding tert-OH is 1. The van der Waals surface area contributed by atoms with Crippen LogP contribution in [0.25, 0.3) is 0 Å². The van der Waals surface area contributed by atoms with Crippen molar-refractivity contribution in [2.75, 3.05) is 13.1 Å². The molecule has 2 aliphatic rings. The Kier molecular flexibility index (Phi) is 7.24. The van der Waals surface area contributed by atoms with Gasteiger partial charge in [-0.3, -0.25) is 4.79 Å².